The van der Waals surface area contributed by atoms with Crippen molar-refractivity contribution in [2.75, 3.05) is 31.9 Å². The van der Waals surface area contributed by atoms with Gasteiger partial charge in [-0.2, -0.15) is 0 Å². The van der Waals surface area contributed by atoms with Crippen molar-refractivity contribution in [2.45, 2.75) is 79.1 Å². The lowest BCUT2D eigenvalue weighted by atomic mass is 10.1. The molecule has 29 heavy (non-hydrogen) atoms. The van der Waals surface area contributed by atoms with E-state index in [9.17, 15) is 9.59 Å². The highest BCUT2D eigenvalue weighted by Crippen LogP contribution is 2.18. The third kappa shape index (κ3) is 8.46. The predicted molar refractivity (Wildman–Crippen MR) is 122 cm³/mol. The summed E-state index contributed by atoms with van der Waals surface area (Å²) < 4.78 is 0. The maximum atomic E-state index is 13.1. The van der Waals surface area contributed by atoms with Crippen molar-refractivity contribution in [1.82, 2.24) is 9.80 Å². The number of carbonyl (C=O) groups is 2. The number of nitrogens with two attached hydrogens (primary N) is 1. The van der Waals surface area contributed by atoms with Gasteiger partial charge in [0, 0.05) is 43.0 Å². The minimum absolute atomic E-state index is 0.0260. The lowest BCUT2D eigenvalue weighted by Crippen LogP contribution is -2.34. The van der Waals surface area contributed by atoms with Crippen LogP contribution in [0.1, 0.15) is 99.8 Å². The Morgan fingerprint density at radius 2 is 0.966 bits per heavy atom. The molecule has 1 aromatic rings. The Morgan fingerprint density at radius 1 is 0.655 bits per heavy atom. The van der Waals surface area contributed by atoms with Crippen LogP contribution in [0.3, 0.4) is 0 Å². The summed E-state index contributed by atoms with van der Waals surface area (Å²) >= 11 is 0. The van der Waals surface area contributed by atoms with Gasteiger partial charge in [-0.15, -0.1) is 0 Å². The summed E-state index contributed by atoms with van der Waals surface area (Å²) in [6.07, 6.45) is 8.08. The monoisotopic (exact) mass is 403 g/mol. The van der Waals surface area contributed by atoms with Crippen LogP contribution >= 0.6 is 0 Å². The Kier molecular flexibility index (Phi) is 12.1. The van der Waals surface area contributed by atoms with E-state index in [0.29, 0.717) is 16.8 Å². The molecule has 0 unspecified atom stereocenters. The minimum Gasteiger partial charge on any atom is -0.399 e. The SMILES string of the molecule is CCCCN(CCCC)C(=O)c1cc(N)cc(C(=O)N(CCCC)CCCC)c1. The molecule has 1 rings (SSSR count). The van der Waals surface area contributed by atoms with E-state index in [0.717, 1.165) is 77.5 Å². The molecule has 0 radical (unpaired) electrons. The van der Waals surface area contributed by atoms with Crippen LogP contribution in [0.4, 0.5) is 5.69 Å². The zero-order valence-electron chi connectivity index (χ0n) is 19.0. The van der Waals surface area contributed by atoms with E-state index in [4.69, 9.17) is 5.73 Å². The number of benzene rings is 1. The minimum atomic E-state index is -0.0260. The van der Waals surface area contributed by atoms with E-state index < -0.39 is 0 Å². The molecule has 0 aliphatic carbocycles. The van der Waals surface area contributed by atoms with Crippen LogP contribution in [0.25, 0.3) is 0 Å². The summed E-state index contributed by atoms with van der Waals surface area (Å²) in [7, 11) is 0. The fourth-order valence-electron chi connectivity index (χ4n) is 3.29. The number of nitrogens with zero attached hydrogens (tertiary/aromatic N) is 2. The molecule has 2 amide bonds. The second-order valence-corrected chi connectivity index (χ2v) is 7.84. The van der Waals surface area contributed by atoms with Crippen LogP contribution in [0.15, 0.2) is 18.2 Å². The topological polar surface area (TPSA) is 66.6 Å². The number of anilines is 1. The van der Waals surface area contributed by atoms with E-state index in [1.807, 2.05) is 9.80 Å². The summed E-state index contributed by atoms with van der Waals surface area (Å²) in [5, 5.41) is 0. The quantitative estimate of drug-likeness (QED) is 0.426. The number of rotatable bonds is 14. The van der Waals surface area contributed by atoms with Gasteiger partial charge in [0.05, 0.1) is 0 Å². The summed E-state index contributed by atoms with van der Waals surface area (Å²) in [6.45, 7) is 11.5. The highest BCUT2D eigenvalue weighted by Gasteiger charge is 2.20. The number of hydrogen-bond acceptors (Lipinski definition) is 3. The first kappa shape index (κ1) is 25.0. The molecule has 5 heteroatoms. The molecule has 0 aliphatic heterocycles. The molecule has 0 aromatic heterocycles. The number of carbonyl (C=O) groups excluding carboxylic acids is 2. The highest BCUT2D eigenvalue weighted by molar-refractivity contribution is 6.01. The zero-order chi connectivity index (χ0) is 21.6. The van der Waals surface area contributed by atoms with Crippen molar-refractivity contribution in [3.63, 3.8) is 0 Å². The van der Waals surface area contributed by atoms with Crippen molar-refractivity contribution in [1.29, 1.82) is 0 Å². The van der Waals surface area contributed by atoms with E-state index >= 15 is 0 Å². The first-order valence-corrected chi connectivity index (χ1v) is 11.5. The Morgan fingerprint density at radius 3 is 1.24 bits per heavy atom. The predicted octanol–water partition coefficient (Wildman–Crippen LogP) is 5.35. The van der Waals surface area contributed by atoms with E-state index in [1.165, 1.54) is 0 Å². The summed E-state index contributed by atoms with van der Waals surface area (Å²) in [4.78, 5) is 30.1. The number of hydrogen-bond donors (Lipinski definition) is 1. The third-order valence-electron chi connectivity index (χ3n) is 5.15. The Labute approximate surface area is 177 Å². The fourth-order valence-corrected chi connectivity index (χ4v) is 3.29. The first-order chi connectivity index (χ1) is 14.0. The van der Waals surface area contributed by atoms with Gasteiger partial charge in [-0.1, -0.05) is 53.4 Å². The molecule has 164 valence electrons. The Balaban J connectivity index is 3.09. The number of unbranched alkanes of at least 4 members (excludes halogenated alkanes) is 4. The maximum Gasteiger partial charge on any atom is 0.253 e. The van der Waals surface area contributed by atoms with Crippen LogP contribution in [0.2, 0.25) is 0 Å². The average Bonchev–Trinajstić information content (AvgIpc) is 2.72. The van der Waals surface area contributed by atoms with Crippen LogP contribution in [-0.4, -0.2) is 47.8 Å². The smallest absolute Gasteiger partial charge is 0.253 e. The van der Waals surface area contributed by atoms with Crippen LogP contribution in [0.5, 0.6) is 0 Å². The summed E-state index contributed by atoms with van der Waals surface area (Å²) in [6, 6.07) is 5.13. The number of nitrogen functional groups attached to an aromatic ring is 1. The highest BCUT2D eigenvalue weighted by atomic mass is 16.2. The average molecular weight is 404 g/mol. The van der Waals surface area contributed by atoms with Crippen molar-refractivity contribution >= 4 is 17.5 Å². The van der Waals surface area contributed by atoms with Gasteiger partial charge < -0.3 is 15.5 Å². The normalized spacial score (nSPS) is 10.8. The molecule has 0 spiro atoms. The van der Waals surface area contributed by atoms with Gasteiger partial charge in [0.1, 0.15) is 0 Å². The Bertz CT molecular complexity index is 564. The molecular formula is C24H41N3O2. The fraction of sp³-hybridized carbons (Fsp3) is 0.667. The first-order valence-electron chi connectivity index (χ1n) is 11.5. The van der Waals surface area contributed by atoms with Crippen molar-refractivity contribution in [3.05, 3.63) is 29.3 Å². The third-order valence-corrected chi connectivity index (χ3v) is 5.15. The molecule has 0 saturated heterocycles. The molecule has 5 nitrogen and oxygen atoms in total. The second kappa shape index (κ2) is 14.0. The molecule has 0 heterocycles. The van der Waals surface area contributed by atoms with E-state index in [-0.39, 0.29) is 11.8 Å². The molecular weight excluding hydrogens is 362 g/mol. The second-order valence-electron chi connectivity index (χ2n) is 7.84. The van der Waals surface area contributed by atoms with Crippen molar-refractivity contribution in [3.8, 4) is 0 Å². The van der Waals surface area contributed by atoms with E-state index in [2.05, 4.69) is 27.7 Å². The van der Waals surface area contributed by atoms with Gasteiger partial charge in [0.2, 0.25) is 0 Å². The largest absolute Gasteiger partial charge is 0.399 e. The summed E-state index contributed by atoms with van der Waals surface area (Å²) in [5.74, 6) is -0.0520. The van der Waals surface area contributed by atoms with Gasteiger partial charge in [0.25, 0.3) is 11.8 Å². The molecule has 0 fully saturated rings. The molecule has 0 aliphatic rings. The van der Waals surface area contributed by atoms with Crippen molar-refractivity contribution in [2.24, 2.45) is 0 Å². The Hall–Kier alpha value is -2.04. The van der Waals surface area contributed by atoms with Gasteiger partial charge in [-0.05, 0) is 43.9 Å². The summed E-state index contributed by atoms with van der Waals surface area (Å²) in [5.41, 5.74) is 7.60. The molecule has 2 N–H and O–H groups in total. The zero-order valence-corrected chi connectivity index (χ0v) is 19.0. The van der Waals surface area contributed by atoms with Gasteiger partial charge >= 0.3 is 0 Å². The van der Waals surface area contributed by atoms with Crippen LogP contribution in [0, 0.1) is 0 Å². The standard InChI is InChI=1S/C24H41N3O2/c1-5-9-13-26(14-10-6-2)23(28)20-17-21(19-22(25)18-20)24(29)27(15-11-7-3)16-12-8-4/h17-19H,5-16,25H2,1-4H3. The maximum absolute atomic E-state index is 13.1. The van der Waals surface area contributed by atoms with Gasteiger partial charge in [-0.3, -0.25) is 9.59 Å². The lowest BCUT2D eigenvalue weighted by molar-refractivity contribution is 0.0749. The molecule has 1 aromatic carbocycles. The molecule has 0 saturated carbocycles. The number of amides is 2. The van der Waals surface area contributed by atoms with Gasteiger partial charge in [0.15, 0.2) is 0 Å². The van der Waals surface area contributed by atoms with Crippen LogP contribution in [-0.2, 0) is 0 Å². The van der Waals surface area contributed by atoms with Crippen LogP contribution < -0.4 is 5.73 Å². The lowest BCUT2D eigenvalue weighted by Gasteiger charge is -2.24. The van der Waals surface area contributed by atoms with E-state index in [1.54, 1.807) is 18.2 Å². The molecule has 0 atom stereocenters. The van der Waals surface area contributed by atoms with Gasteiger partial charge in [-0.25, -0.2) is 0 Å². The van der Waals surface area contributed by atoms with Crippen molar-refractivity contribution < 1.29 is 9.59 Å². The molecule has 0 bridgehead atoms.